The lowest BCUT2D eigenvalue weighted by atomic mass is 10.3. The summed E-state index contributed by atoms with van der Waals surface area (Å²) >= 11 is 3.06. The van der Waals surface area contributed by atoms with Gasteiger partial charge in [-0.3, -0.25) is 0 Å². The van der Waals surface area contributed by atoms with Gasteiger partial charge in [-0.15, -0.1) is 0 Å². The summed E-state index contributed by atoms with van der Waals surface area (Å²) in [5.74, 6) is 0.837. The number of alkyl halides is 1. The van der Waals surface area contributed by atoms with Gasteiger partial charge < -0.3 is 9.47 Å². The first kappa shape index (κ1) is 13.3. The molecule has 0 heterocycles. The van der Waals surface area contributed by atoms with Crippen LogP contribution in [-0.2, 0) is 9.84 Å². The van der Waals surface area contributed by atoms with Crippen LogP contribution in [0.5, 0.6) is 11.5 Å². The number of halogens is 1. The highest BCUT2D eigenvalue weighted by molar-refractivity contribution is 9.11. The summed E-state index contributed by atoms with van der Waals surface area (Å²) in [5.41, 5.74) is 0. The fraction of sp³-hybridized carbons (Fsp3) is 0.400. The van der Waals surface area contributed by atoms with Crippen molar-refractivity contribution in [1.82, 2.24) is 0 Å². The van der Waals surface area contributed by atoms with E-state index in [4.69, 9.17) is 9.47 Å². The first-order valence-corrected chi connectivity index (χ1v) is 6.99. The minimum absolute atomic E-state index is 0.153. The van der Waals surface area contributed by atoms with Crippen molar-refractivity contribution in [3.05, 3.63) is 18.2 Å². The molecule has 0 bridgehead atoms. The van der Waals surface area contributed by atoms with E-state index in [0.29, 0.717) is 5.75 Å². The highest BCUT2D eigenvalue weighted by Crippen LogP contribution is 2.31. The van der Waals surface area contributed by atoms with Crippen LogP contribution in [0.25, 0.3) is 0 Å². The Morgan fingerprint density at radius 1 is 1.25 bits per heavy atom. The van der Waals surface area contributed by atoms with Gasteiger partial charge in [0.15, 0.2) is 9.84 Å². The van der Waals surface area contributed by atoms with E-state index in [1.165, 1.54) is 20.3 Å². The van der Waals surface area contributed by atoms with Crippen LogP contribution in [0.4, 0.5) is 0 Å². The Labute approximate surface area is 104 Å². The lowest BCUT2D eigenvalue weighted by Crippen LogP contribution is -2.12. The Kier molecular flexibility index (Phi) is 4.21. The molecule has 0 amide bonds. The minimum atomic E-state index is -3.41. The maximum Gasteiger partial charge on any atom is 0.194 e. The van der Waals surface area contributed by atoms with Crippen molar-refractivity contribution in [3.8, 4) is 11.5 Å². The summed E-state index contributed by atoms with van der Waals surface area (Å²) in [4.78, 5) is 0.153. The van der Waals surface area contributed by atoms with Gasteiger partial charge in [0.25, 0.3) is 0 Å². The number of methoxy groups -OCH3 is 2. The van der Waals surface area contributed by atoms with Gasteiger partial charge in [0.05, 0.1) is 14.2 Å². The van der Waals surface area contributed by atoms with E-state index in [1.54, 1.807) is 19.1 Å². The van der Waals surface area contributed by atoms with Crippen LogP contribution in [0.2, 0.25) is 0 Å². The summed E-state index contributed by atoms with van der Waals surface area (Å²) in [5, 5.41) is 0. The van der Waals surface area contributed by atoms with Crippen LogP contribution in [0, 0.1) is 0 Å². The zero-order valence-electron chi connectivity index (χ0n) is 9.23. The van der Waals surface area contributed by atoms with Crippen molar-refractivity contribution < 1.29 is 17.9 Å². The van der Waals surface area contributed by atoms with Crippen LogP contribution in [0.1, 0.15) is 6.92 Å². The Balaban J connectivity index is 3.35. The largest absolute Gasteiger partial charge is 0.497 e. The van der Waals surface area contributed by atoms with Gasteiger partial charge in [-0.1, -0.05) is 15.9 Å². The number of sulfone groups is 1. The third-order valence-electron chi connectivity index (χ3n) is 2.10. The lowest BCUT2D eigenvalue weighted by Gasteiger charge is -2.12. The molecule has 0 aromatic heterocycles. The van der Waals surface area contributed by atoms with E-state index in [1.807, 2.05) is 0 Å². The van der Waals surface area contributed by atoms with E-state index in [9.17, 15) is 8.42 Å². The molecule has 0 saturated carbocycles. The summed E-state index contributed by atoms with van der Waals surface area (Å²) in [6.07, 6.45) is 0. The predicted octanol–water partition coefficient (Wildman–Crippen LogP) is 2.22. The number of hydrogen-bond acceptors (Lipinski definition) is 4. The molecule has 90 valence electrons. The topological polar surface area (TPSA) is 52.6 Å². The summed E-state index contributed by atoms with van der Waals surface area (Å²) < 4.78 is 33.3. The zero-order valence-corrected chi connectivity index (χ0v) is 11.6. The molecule has 1 aromatic rings. The summed E-state index contributed by atoms with van der Waals surface area (Å²) in [7, 11) is -0.475. The lowest BCUT2D eigenvalue weighted by molar-refractivity contribution is 0.386. The van der Waals surface area contributed by atoms with E-state index >= 15 is 0 Å². The standard InChI is InChI=1S/C10H13BrO4S/c1-7(11)16(12,13)10-5-4-8(14-2)6-9(10)15-3/h4-7H,1-3H3. The molecule has 6 heteroatoms. The van der Waals surface area contributed by atoms with Crippen molar-refractivity contribution in [3.63, 3.8) is 0 Å². The molecule has 0 N–H and O–H groups in total. The average Bonchev–Trinajstić information content (AvgIpc) is 2.27. The molecule has 1 aromatic carbocycles. The number of ether oxygens (including phenoxy) is 2. The van der Waals surface area contributed by atoms with Crippen LogP contribution < -0.4 is 9.47 Å². The normalized spacial score (nSPS) is 13.2. The van der Waals surface area contributed by atoms with Gasteiger partial charge in [-0.2, -0.15) is 0 Å². The monoisotopic (exact) mass is 308 g/mol. The molecule has 0 aliphatic heterocycles. The second kappa shape index (κ2) is 5.05. The van der Waals surface area contributed by atoms with Crippen LogP contribution >= 0.6 is 15.9 Å². The highest BCUT2D eigenvalue weighted by Gasteiger charge is 2.24. The fourth-order valence-corrected chi connectivity index (χ4v) is 2.82. The van der Waals surface area contributed by atoms with Crippen molar-refractivity contribution in [1.29, 1.82) is 0 Å². The maximum atomic E-state index is 11.9. The average molecular weight is 309 g/mol. The van der Waals surface area contributed by atoms with Crippen LogP contribution in [-0.4, -0.2) is 26.8 Å². The molecular weight excluding hydrogens is 296 g/mol. The number of rotatable bonds is 4. The smallest absolute Gasteiger partial charge is 0.194 e. The zero-order chi connectivity index (χ0) is 12.3. The van der Waals surface area contributed by atoms with E-state index in [-0.39, 0.29) is 10.6 Å². The quantitative estimate of drug-likeness (QED) is 0.800. The SMILES string of the molecule is COc1ccc(S(=O)(=O)C(C)Br)c(OC)c1. The van der Waals surface area contributed by atoms with Gasteiger partial charge in [0.1, 0.15) is 20.6 Å². The van der Waals surface area contributed by atoms with E-state index in [0.717, 1.165) is 0 Å². The first-order valence-electron chi connectivity index (χ1n) is 4.53. The molecule has 1 unspecified atom stereocenters. The molecule has 4 nitrogen and oxygen atoms in total. The molecule has 16 heavy (non-hydrogen) atoms. The van der Waals surface area contributed by atoms with Gasteiger partial charge in [0, 0.05) is 6.07 Å². The van der Waals surface area contributed by atoms with Crippen molar-refractivity contribution >= 4 is 25.8 Å². The summed E-state index contributed by atoms with van der Waals surface area (Å²) in [6, 6.07) is 4.61. The van der Waals surface area contributed by atoms with Crippen LogP contribution in [0.15, 0.2) is 23.1 Å². The predicted molar refractivity (Wildman–Crippen MR) is 65.1 cm³/mol. The molecule has 0 spiro atoms. The number of benzene rings is 1. The molecule has 1 atom stereocenters. The molecule has 0 radical (unpaired) electrons. The van der Waals surface area contributed by atoms with E-state index in [2.05, 4.69) is 15.9 Å². The minimum Gasteiger partial charge on any atom is -0.497 e. The van der Waals surface area contributed by atoms with Crippen LogP contribution in [0.3, 0.4) is 0 Å². The van der Waals surface area contributed by atoms with Gasteiger partial charge in [-0.05, 0) is 19.1 Å². The third kappa shape index (κ3) is 2.49. The van der Waals surface area contributed by atoms with Crippen molar-refractivity contribution in [2.75, 3.05) is 14.2 Å². The second-order valence-electron chi connectivity index (χ2n) is 3.10. The maximum absolute atomic E-state index is 11.9. The molecule has 0 saturated heterocycles. The highest BCUT2D eigenvalue weighted by atomic mass is 79.9. The molecule has 1 rings (SSSR count). The second-order valence-corrected chi connectivity index (χ2v) is 7.32. The summed E-state index contributed by atoms with van der Waals surface area (Å²) in [6.45, 7) is 1.55. The Morgan fingerprint density at radius 3 is 2.31 bits per heavy atom. The van der Waals surface area contributed by atoms with Crippen molar-refractivity contribution in [2.24, 2.45) is 0 Å². The third-order valence-corrected chi connectivity index (χ3v) is 5.39. The molecule has 0 aliphatic rings. The molecule has 0 fully saturated rings. The Bertz CT molecular complexity index is 468. The Hall–Kier alpha value is -0.750. The number of hydrogen-bond donors (Lipinski definition) is 0. The Morgan fingerprint density at radius 2 is 1.88 bits per heavy atom. The van der Waals surface area contributed by atoms with Crippen molar-refractivity contribution in [2.45, 2.75) is 16.0 Å². The van der Waals surface area contributed by atoms with Gasteiger partial charge >= 0.3 is 0 Å². The fourth-order valence-electron chi connectivity index (χ4n) is 1.18. The molecule has 0 aliphatic carbocycles. The first-order chi connectivity index (χ1) is 7.43. The van der Waals surface area contributed by atoms with E-state index < -0.39 is 14.0 Å². The van der Waals surface area contributed by atoms with Gasteiger partial charge in [0.2, 0.25) is 0 Å². The van der Waals surface area contributed by atoms with Gasteiger partial charge in [-0.25, -0.2) is 8.42 Å². The molecular formula is C10H13BrO4S.